The summed E-state index contributed by atoms with van der Waals surface area (Å²) in [7, 11) is 3.54. The Hall–Kier alpha value is -1.95. The predicted molar refractivity (Wildman–Crippen MR) is 63.3 cm³/mol. The average Bonchev–Trinajstić information content (AvgIpc) is 2.84. The number of aromatic nitrogens is 4. The van der Waals surface area contributed by atoms with Crippen LogP contribution in [0.3, 0.4) is 0 Å². The standard InChI is InChI=1S/C11H15N5O/c1-12-7-6-11-13-14-15-16(11)9-4-3-5-10(8-9)17-2/h3-5,8,12H,6-7H2,1-2H3. The largest absolute Gasteiger partial charge is 0.497 e. The Bertz CT molecular complexity index is 482. The molecule has 2 aromatic rings. The molecule has 0 amide bonds. The Morgan fingerprint density at radius 3 is 3.06 bits per heavy atom. The highest BCUT2D eigenvalue weighted by molar-refractivity contribution is 5.38. The summed E-state index contributed by atoms with van der Waals surface area (Å²) in [6.07, 6.45) is 0.778. The second-order valence-corrected chi connectivity index (χ2v) is 3.56. The van der Waals surface area contributed by atoms with E-state index in [1.807, 2.05) is 31.3 Å². The number of hydrogen-bond donors (Lipinski definition) is 1. The molecule has 0 spiro atoms. The molecule has 0 saturated carbocycles. The lowest BCUT2D eigenvalue weighted by molar-refractivity contribution is 0.414. The number of benzene rings is 1. The minimum Gasteiger partial charge on any atom is -0.497 e. The quantitative estimate of drug-likeness (QED) is 0.811. The fourth-order valence-electron chi connectivity index (χ4n) is 1.54. The van der Waals surface area contributed by atoms with Gasteiger partial charge >= 0.3 is 0 Å². The van der Waals surface area contributed by atoms with Crippen LogP contribution in [0, 0.1) is 0 Å². The van der Waals surface area contributed by atoms with E-state index in [4.69, 9.17) is 4.74 Å². The van der Waals surface area contributed by atoms with Gasteiger partial charge in [0.1, 0.15) is 5.75 Å². The second kappa shape index (κ2) is 5.40. The first-order valence-corrected chi connectivity index (χ1v) is 5.41. The van der Waals surface area contributed by atoms with Gasteiger partial charge in [0.2, 0.25) is 0 Å². The molecule has 17 heavy (non-hydrogen) atoms. The van der Waals surface area contributed by atoms with Crippen molar-refractivity contribution in [2.24, 2.45) is 0 Å². The highest BCUT2D eigenvalue weighted by atomic mass is 16.5. The maximum atomic E-state index is 5.18. The number of nitrogens with one attached hydrogen (secondary N) is 1. The molecule has 0 radical (unpaired) electrons. The van der Waals surface area contributed by atoms with Gasteiger partial charge in [-0.2, -0.15) is 4.68 Å². The molecule has 0 aliphatic carbocycles. The van der Waals surface area contributed by atoms with Gasteiger partial charge in [-0.1, -0.05) is 6.07 Å². The number of methoxy groups -OCH3 is 1. The van der Waals surface area contributed by atoms with Crippen LogP contribution in [0.2, 0.25) is 0 Å². The van der Waals surface area contributed by atoms with Crippen LogP contribution < -0.4 is 10.1 Å². The summed E-state index contributed by atoms with van der Waals surface area (Å²) in [6.45, 7) is 0.838. The first kappa shape index (κ1) is 11.5. The smallest absolute Gasteiger partial charge is 0.157 e. The van der Waals surface area contributed by atoms with E-state index in [2.05, 4.69) is 20.8 Å². The van der Waals surface area contributed by atoms with E-state index in [1.54, 1.807) is 11.8 Å². The Morgan fingerprint density at radius 2 is 2.29 bits per heavy atom. The molecule has 1 aromatic heterocycles. The van der Waals surface area contributed by atoms with Crippen LogP contribution in [0.4, 0.5) is 0 Å². The van der Waals surface area contributed by atoms with Gasteiger partial charge in [0, 0.05) is 19.0 Å². The van der Waals surface area contributed by atoms with Gasteiger partial charge in [0.05, 0.1) is 12.8 Å². The highest BCUT2D eigenvalue weighted by Crippen LogP contribution is 2.16. The third-order valence-corrected chi connectivity index (χ3v) is 2.43. The summed E-state index contributed by atoms with van der Waals surface area (Å²) >= 11 is 0. The van der Waals surface area contributed by atoms with Gasteiger partial charge in [-0.15, -0.1) is 5.10 Å². The molecule has 1 aromatic carbocycles. The van der Waals surface area contributed by atoms with Crippen molar-refractivity contribution in [2.45, 2.75) is 6.42 Å². The molecule has 0 aliphatic rings. The topological polar surface area (TPSA) is 64.9 Å². The zero-order chi connectivity index (χ0) is 12.1. The zero-order valence-electron chi connectivity index (χ0n) is 9.92. The van der Waals surface area contributed by atoms with Gasteiger partial charge in [-0.05, 0) is 29.6 Å². The molecule has 2 rings (SSSR count). The van der Waals surface area contributed by atoms with Crippen molar-refractivity contribution in [3.05, 3.63) is 30.1 Å². The minimum atomic E-state index is 0.778. The van der Waals surface area contributed by atoms with E-state index in [-0.39, 0.29) is 0 Å². The molecular formula is C11H15N5O. The third kappa shape index (κ3) is 2.59. The van der Waals surface area contributed by atoms with Crippen LogP contribution in [0.15, 0.2) is 24.3 Å². The Labute approximate surface area is 99.6 Å². The molecule has 6 heteroatoms. The van der Waals surface area contributed by atoms with Crippen LogP contribution in [0.25, 0.3) is 5.69 Å². The monoisotopic (exact) mass is 233 g/mol. The Balaban J connectivity index is 2.28. The first-order valence-electron chi connectivity index (χ1n) is 5.41. The van der Waals surface area contributed by atoms with Crippen molar-refractivity contribution >= 4 is 0 Å². The number of rotatable bonds is 5. The molecule has 0 fully saturated rings. The van der Waals surface area contributed by atoms with Crippen molar-refractivity contribution in [3.8, 4) is 11.4 Å². The molecule has 1 N–H and O–H groups in total. The molecule has 0 saturated heterocycles. The van der Waals surface area contributed by atoms with Crippen LogP contribution in [-0.2, 0) is 6.42 Å². The fraction of sp³-hybridized carbons (Fsp3) is 0.364. The summed E-state index contributed by atoms with van der Waals surface area (Å²) in [5, 5.41) is 14.8. The van der Waals surface area contributed by atoms with E-state index in [0.717, 1.165) is 30.2 Å². The van der Waals surface area contributed by atoms with Gasteiger partial charge in [-0.25, -0.2) is 0 Å². The normalized spacial score (nSPS) is 10.5. The number of tetrazole rings is 1. The molecule has 0 unspecified atom stereocenters. The molecule has 0 bridgehead atoms. The predicted octanol–water partition coefficient (Wildman–Crippen LogP) is 0.433. The zero-order valence-corrected chi connectivity index (χ0v) is 9.92. The van der Waals surface area contributed by atoms with Crippen molar-refractivity contribution < 1.29 is 4.74 Å². The van der Waals surface area contributed by atoms with Crippen molar-refractivity contribution in [2.75, 3.05) is 20.7 Å². The summed E-state index contributed by atoms with van der Waals surface area (Å²) in [5.74, 6) is 1.62. The molecular weight excluding hydrogens is 218 g/mol. The maximum absolute atomic E-state index is 5.18. The van der Waals surface area contributed by atoms with Crippen molar-refractivity contribution in [1.82, 2.24) is 25.5 Å². The van der Waals surface area contributed by atoms with Gasteiger partial charge in [-0.3, -0.25) is 0 Å². The van der Waals surface area contributed by atoms with E-state index in [0.29, 0.717) is 0 Å². The average molecular weight is 233 g/mol. The van der Waals surface area contributed by atoms with E-state index in [9.17, 15) is 0 Å². The fourth-order valence-corrected chi connectivity index (χ4v) is 1.54. The van der Waals surface area contributed by atoms with Crippen LogP contribution in [-0.4, -0.2) is 40.9 Å². The Morgan fingerprint density at radius 1 is 1.41 bits per heavy atom. The number of hydrogen-bond acceptors (Lipinski definition) is 5. The van der Waals surface area contributed by atoms with Crippen LogP contribution in [0.5, 0.6) is 5.75 Å². The van der Waals surface area contributed by atoms with Gasteiger partial charge < -0.3 is 10.1 Å². The molecule has 0 aliphatic heterocycles. The van der Waals surface area contributed by atoms with E-state index < -0.39 is 0 Å². The molecule has 90 valence electrons. The van der Waals surface area contributed by atoms with E-state index in [1.165, 1.54) is 0 Å². The molecule has 0 atom stereocenters. The molecule has 6 nitrogen and oxygen atoms in total. The summed E-state index contributed by atoms with van der Waals surface area (Å²) < 4.78 is 6.90. The van der Waals surface area contributed by atoms with Crippen molar-refractivity contribution in [3.63, 3.8) is 0 Å². The first-order chi connectivity index (χ1) is 8.35. The second-order valence-electron chi connectivity index (χ2n) is 3.56. The maximum Gasteiger partial charge on any atom is 0.157 e. The Kier molecular flexibility index (Phi) is 3.66. The summed E-state index contributed by atoms with van der Waals surface area (Å²) in [4.78, 5) is 0. The van der Waals surface area contributed by atoms with Crippen LogP contribution >= 0.6 is 0 Å². The lowest BCUT2D eigenvalue weighted by Crippen LogP contribution is -2.14. The molecule has 1 heterocycles. The van der Waals surface area contributed by atoms with E-state index >= 15 is 0 Å². The lowest BCUT2D eigenvalue weighted by Gasteiger charge is -2.06. The summed E-state index contributed by atoms with van der Waals surface area (Å²) in [5.41, 5.74) is 0.903. The summed E-state index contributed by atoms with van der Waals surface area (Å²) in [6, 6.07) is 7.65. The van der Waals surface area contributed by atoms with Gasteiger partial charge in [0.25, 0.3) is 0 Å². The minimum absolute atomic E-state index is 0.778. The third-order valence-electron chi connectivity index (χ3n) is 2.43. The SMILES string of the molecule is CNCCc1nnnn1-c1cccc(OC)c1. The number of likely N-dealkylation sites (N-methyl/N-ethyl adjacent to an activating group) is 1. The number of nitrogens with zero attached hydrogens (tertiary/aromatic N) is 4. The van der Waals surface area contributed by atoms with Crippen LogP contribution in [0.1, 0.15) is 5.82 Å². The van der Waals surface area contributed by atoms with Crippen molar-refractivity contribution in [1.29, 1.82) is 0 Å². The highest BCUT2D eigenvalue weighted by Gasteiger charge is 2.08. The number of ether oxygens (including phenoxy) is 1. The lowest BCUT2D eigenvalue weighted by atomic mass is 10.3. The van der Waals surface area contributed by atoms with Gasteiger partial charge in [0.15, 0.2) is 5.82 Å².